The van der Waals surface area contributed by atoms with Crippen LogP contribution in [0.4, 0.5) is 0 Å². The van der Waals surface area contributed by atoms with E-state index in [9.17, 15) is 15.0 Å². The number of phenols is 1. The van der Waals surface area contributed by atoms with Crippen LogP contribution in [0.2, 0.25) is 0 Å². The van der Waals surface area contributed by atoms with Crippen LogP contribution in [-0.2, 0) is 11.2 Å². The van der Waals surface area contributed by atoms with Gasteiger partial charge >= 0.3 is 0 Å². The number of hydrogen-bond acceptors (Lipinski definition) is 4. The van der Waals surface area contributed by atoms with Crippen molar-refractivity contribution < 1.29 is 15.0 Å². The zero-order valence-electron chi connectivity index (χ0n) is 11.5. The highest BCUT2D eigenvalue weighted by Gasteiger charge is 2.26. The van der Waals surface area contributed by atoms with E-state index in [1.807, 2.05) is 0 Å². The van der Waals surface area contributed by atoms with E-state index in [0.29, 0.717) is 6.42 Å². The Morgan fingerprint density at radius 3 is 2.60 bits per heavy atom. The smallest absolute Gasteiger partial charge is 0.237 e. The number of rotatable bonds is 4. The maximum Gasteiger partial charge on any atom is 0.237 e. The SMILES string of the molecule is NC(Cc1ccc(O)cc1)C(=O)N[C@@H]1CCCC[C@H]1O. The van der Waals surface area contributed by atoms with Crippen molar-refractivity contribution in [1.82, 2.24) is 5.32 Å². The molecule has 0 radical (unpaired) electrons. The first kappa shape index (κ1) is 14.8. The van der Waals surface area contributed by atoms with Crippen molar-refractivity contribution in [3.8, 4) is 5.75 Å². The number of aromatic hydroxyl groups is 1. The second kappa shape index (κ2) is 6.72. The highest BCUT2D eigenvalue weighted by atomic mass is 16.3. The van der Waals surface area contributed by atoms with Gasteiger partial charge in [0.15, 0.2) is 0 Å². The molecule has 1 unspecified atom stereocenters. The van der Waals surface area contributed by atoms with E-state index < -0.39 is 12.1 Å². The molecule has 1 aromatic rings. The van der Waals surface area contributed by atoms with Crippen molar-refractivity contribution in [2.75, 3.05) is 0 Å². The molecule has 1 aromatic carbocycles. The number of aliphatic hydroxyl groups is 1. The van der Waals surface area contributed by atoms with E-state index >= 15 is 0 Å². The van der Waals surface area contributed by atoms with Gasteiger partial charge in [-0.2, -0.15) is 0 Å². The second-order valence-corrected chi connectivity index (χ2v) is 5.44. The molecular formula is C15H22N2O3. The number of amides is 1. The van der Waals surface area contributed by atoms with Crippen molar-refractivity contribution in [2.45, 2.75) is 50.3 Å². The lowest BCUT2D eigenvalue weighted by atomic mass is 9.92. The molecule has 5 heteroatoms. The van der Waals surface area contributed by atoms with E-state index in [-0.39, 0.29) is 17.7 Å². The minimum Gasteiger partial charge on any atom is -0.508 e. The number of carbonyl (C=O) groups excluding carboxylic acids is 1. The molecule has 1 fully saturated rings. The molecule has 0 heterocycles. The summed E-state index contributed by atoms with van der Waals surface area (Å²) in [5.74, 6) is -0.0406. The first-order valence-electron chi connectivity index (χ1n) is 7.08. The lowest BCUT2D eigenvalue weighted by molar-refractivity contribution is -0.124. The molecule has 1 aliphatic rings. The van der Waals surface area contributed by atoms with E-state index in [0.717, 1.165) is 31.2 Å². The van der Waals surface area contributed by atoms with Gasteiger partial charge < -0.3 is 21.3 Å². The minimum atomic E-state index is -0.645. The summed E-state index contributed by atoms with van der Waals surface area (Å²) in [5, 5.41) is 21.9. The van der Waals surface area contributed by atoms with Crippen LogP contribution in [-0.4, -0.2) is 34.3 Å². The number of carbonyl (C=O) groups is 1. The maximum absolute atomic E-state index is 12.0. The Kier molecular flexibility index (Phi) is 4.98. The van der Waals surface area contributed by atoms with Crippen LogP contribution in [0.5, 0.6) is 5.75 Å². The van der Waals surface area contributed by atoms with Gasteiger partial charge in [-0.1, -0.05) is 25.0 Å². The lowest BCUT2D eigenvalue weighted by Gasteiger charge is -2.29. The van der Waals surface area contributed by atoms with Gasteiger partial charge in [0.05, 0.1) is 18.2 Å². The third-order valence-electron chi connectivity index (χ3n) is 3.79. The molecule has 3 atom stereocenters. The highest BCUT2D eigenvalue weighted by Crippen LogP contribution is 2.18. The molecule has 0 aliphatic heterocycles. The molecule has 0 saturated heterocycles. The van der Waals surface area contributed by atoms with Gasteiger partial charge in [0, 0.05) is 0 Å². The molecule has 5 N–H and O–H groups in total. The van der Waals surface area contributed by atoms with Crippen molar-refractivity contribution in [2.24, 2.45) is 5.73 Å². The Hall–Kier alpha value is -1.59. The van der Waals surface area contributed by atoms with Gasteiger partial charge in [0.25, 0.3) is 0 Å². The molecule has 5 nitrogen and oxygen atoms in total. The van der Waals surface area contributed by atoms with Crippen LogP contribution in [0.25, 0.3) is 0 Å². The summed E-state index contributed by atoms with van der Waals surface area (Å²) in [7, 11) is 0. The molecule has 0 spiro atoms. The van der Waals surface area contributed by atoms with E-state index in [1.165, 1.54) is 0 Å². The summed E-state index contributed by atoms with van der Waals surface area (Å²) < 4.78 is 0. The molecule has 0 bridgehead atoms. The Morgan fingerprint density at radius 1 is 1.30 bits per heavy atom. The maximum atomic E-state index is 12.0. The molecular weight excluding hydrogens is 256 g/mol. The van der Waals surface area contributed by atoms with Gasteiger partial charge in [-0.3, -0.25) is 4.79 Å². The van der Waals surface area contributed by atoms with E-state index in [4.69, 9.17) is 5.73 Å². The van der Waals surface area contributed by atoms with Gasteiger partial charge in [0.2, 0.25) is 5.91 Å². The standard InChI is InChI=1S/C15H22N2O3/c16-12(9-10-5-7-11(18)8-6-10)15(20)17-13-3-1-2-4-14(13)19/h5-8,12-14,18-19H,1-4,9,16H2,(H,17,20)/t12?,13-,14-/m1/s1. The molecule has 1 amide bonds. The van der Waals surface area contributed by atoms with E-state index in [2.05, 4.69) is 5.32 Å². The fourth-order valence-corrected chi connectivity index (χ4v) is 2.55. The third kappa shape index (κ3) is 3.95. The summed E-state index contributed by atoms with van der Waals surface area (Å²) in [5.41, 5.74) is 6.79. The first-order chi connectivity index (χ1) is 9.56. The Morgan fingerprint density at radius 2 is 1.95 bits per heavy atom. The second-order valence-electron chi connectivity index (χ2n) is 5.44. The normalized spacial score (nSPS) is 24.1. The summed E-state index contributed by atoms with van der Waals surface area (Å²) >= 11 is 0. The van der Waals surface area contributed by atoms with Crippen molar-refractivity contribution >= 4 is 5.91 Å². The third-order valence-corrected chi connectivity index (χ3v) is 3.79. The lowest BCUT2D eigenvalue weighted by Crippen LogP contribution is -2.51. The van der Waals surface area contributed by atoms with Crippen LogP contribution in [0.1, 0.15) is 31.2 Å². The number of hydrogen-bond donors (Lipinski definition) is 4. The first-order valence-corrected chi connectivity index (χ1v) is 7.08. The fourth-order valence-electron chi connectivity index (χ4n) is 2.55. The van der Waals surface area contributed by atoms with Crippen LogP contribution >= 0.6 is 0 Å². The number of aliphatic hydroxyl groups excluding tert-OH is 1. The molecule has 110 valence electrons. The molecule has 1 saturated carbocycles. The molecule has 20 heavy (non-hydrogen) atoms. The van der Waals surface area contributed by atoms with Crippen LogP contribution in [0.3, 0.4) is 0 Å². The zero-order chi connectivity index (χ0) is 14.5. The van der Waals surface area contributed by atoms with Gasteiger partial charge in [-0.15, -0.1) is 0 Å². The number of nitrogens with two attached hydrogens (primary N) is 1. The highest BCUT2D eigenvalue weighted by molar-refractivity contribution is 5.82. The summed E-state index contributed by atoms with van der Waals surface area (Å²) in [6.45, 7) is 0. The largest absolute Gasteiger partial charge is 0.508 e. The Labute approximate surface area is 118 Å². The van der Waals surface area contributed by atoms with Crippen LogP contribution < -0.4 is 11.1 Å². The van der Waals surface area contributed by atoms with Gasteiger partial charge in [-0.05, 0) is 37.0 Å². The molecule has 2 rings (SSSR count). The number of benzene rings is 1. The summed E-state index contributed by atoms with van der Waals surface area (Å²) in [6, 6.07) is 5.82. The van der Waals surface area contributed by atoms with Gasteiger partial charge in [-0.25, -0.2) is 0 Å². The average Bonchev–Trinajstić information content (AvgIpc) is 2.44. The zero-order valence-corrected chi connectivity index (χ0v) is 11.5. The predicted octanol–water partition coefficient (Wildman–Crippen LogP) is 0.682. The van der Waals surface area contributed by atoms with Crippen molar-refractivity contribution in [1.29, 1.82) is 0 Å². The van der Waals surface area contributed by atoms with Crippen LogP contribution in [0, 0.1) is 0 Å². The van der Waals surface area contributed by atoms with Crippen molar-refractivity contribution in [3.05, 3.63) is 29.8 Å². The minimum absolute atomic E-state index is 0.179. The fraction of sp³-hybridized carbons (Fsp3) is 0.533. The number of phenolic OH excluding ortho intramolecular Hbond substituents is 1. The molecule has 0 aromatic heterocycles. The summed E-state index contributed by atoms with van der Waals surface area (Å²) in [6.07, 6.45) is 3.52. The quantitative estimate of drug-likeness (QED) is 0.651. The average molecular weight is 278 g/mol. The van der Waals surface area contributed by atoms with Gasteiger partial charge in [0.1, 0.15) is 5.75 Å². The monoisotopic (exact) mass is 278 g/mol. The predicted molar refractivity (Wildman–Crippen MR) is 76.2 cm³/mol. The Balaban J connectivity index is 1.86. The molecule has 1 aliphatic carbocycles. The van der Waals surface area contributed by atoms with Crippen molar-refractivity contribution in [3.63, 3.8) is 0 Å². The summed E-state index contributed by atoms with van der Waals surface area (Å²) in [4.78, 5) is 12.0. The topological polar surface area (TPSA) is 95.6 Å². The van der Waals surface area contributed by atoms with Crippen LogP contribution in [0.15, 0.2) is 24.3 Å². The number of nitrogens with one attached hydrogen (secondary N) is 1. The van der Waals surface area contributed by atoms with E-state index in [1.54, 1.807) is 24.3 Å². The Bertz CT molecular complexity index is 447.